The Labute approximate surface area is 108 Å². The number of aliphatic hydroxyl groups excluding tert-OH is 1. The van der Waals surface area contributed by atoms with Gasteiger partial charge in [-0.1, -0.05) is 12.8 Å². The Hall–Kier alpha value is -0.810. The number of rotatable bonds is 3. The minimum Gasteiger partial charge on any atom is -0.393 e. The van der Waals surface area contributed by atoms with E-state index < -0.39 is 0 Å². The van der Waals surface area contributed by atoms with Crippen LogP contribution in [-0.4, -0.2) is 41.3 Å². The smallest absolute Gasteiger partial charge is 0.341 e. The van der Waals surface area contributed by atoms with Crippen LogP contribution in [0.5, 0.6) is 0 Å². The highest BCUT2D eigenvalue weighted by Gasteiger charge is 2.27. The average molecular weight is 256 g/mol. The number of urea groups is 1. The first-order valence-corrected chi connectivity index (χ1v) is 7.05. The molecule has 1 aliphatic carbocycles. The highest BCUT2D eigenvalue weighted by atomic mass is 16.7. The van der Waals surface area contributed by atoms with Crippen molar-refractivity contribution in [1.29, 1.82) is 0 Å². The highest BCUT2D eigenvalue weighted by Crippen LogP contribution is 2.21. The second-order valence-corrected chi connectivity index (χ2v) is 5.52. The molecule has 2 unspecified atom stereocenters. The Morgan fingerprint density at radius 2 is 2.06 bits per heavy atom. The third-order valence-corrected chi connectivity index (χ3v) is 4.04. The lowest BCUT2D eigenvalue weighted by Gasteiger charge is -2.34. The van der Waals surface area contributed by atoms with Crippen LogP contribution in [0.15, 0.2) is 0 Å². The van der Waals surface area contributed by atoms with Crippen molar-refractivity contribution in [1.82, 2.24) is 10.4 Å². The maximum Gasteiger partial charge on any atom is 0.341 e. The summed E-state index contributed by atoms with van der Waals surface area (Å²) >= 11 is 0. The number of nitrogens with zero attached hydrogens (tertiary/aromatic N) is 1. The predicted octanol–water partition coefficient (Wildman–Crippen LogP) is 1.66. The lowest BCUT2D eigenvalue weighted by Crippen LogP contribution is -2.48. The lowest BCUT2D eigenvalue weighted by atomic mass is 9.94. The minimum atomic E-state index is -0.351. The summed E-state index contributed by atoms with van der Waals surface area (Å²) < 4.78 is 0. The van der Waals surface area contributed by atoms with Gasteiger partial charge in [0.05, 0.1) is 12.2 Å². The molecule has 5 nitrogen and oxygen atoms in total. The number of carbonyl (C=O) groups is 1. The van der Waals surface area contributed by atoms with Gasteiger partial charge in [0.2, 0.25) is 0 Å². The van der Waals surface area contributed by atoms with E-state index in [1.807, 2.05) is 0 Å². The van der Waals surface area contributed by atoms with Crippen LogP contribution < -0.4 is 5.48 Å². The van der Waals surface area contributed by atoms with E-state index in [1.165, 1.54) is 12.8 Å². The summed E-state index contributed by atoms with van der Waals surface area (Å²) in [5.41, 5.74) is 2.56. The summed E-state index contributed by atoms with van der Waals surface area (Å²) in [6.45, 7) is 3.17. The molecule has 104 valence electrons. The van der Waals surface area contributed by atoms with Gasteiger partial charge in [0, 0.05) is 19.0 Å². The second-order valence-electron chi connectivity index (χ2n) is 5.52. The number of piperidine rings is 1. The molecule has 0 aromatic rings. The predicted molar refractivity (Wildman–Crippen MR) is 67.9 cm³/mol. The zero-order valence-corrected chi connectivity index (χ0v) is 11.1. The van der Waals surface area contributed by atoms with Gasteiger partial charge in [-0.3, -0.25) is 4.84 Å². The number of hydrogen-bond acceptors (Lipinski definition) is 3. The summed E-state index contributed by atoms with van der Waals surface area (Å²) in [5.74, 6) is 0.191. The van der Waals surface area contributed by atoms with Crippen molar-refractivity contribution in [3.05, 3.63) is 0 Å². The largest absolute Gasteiger partial charge is 0.393 e. The Morgan fingerprint density at radius 3 is 2.72 bits per heavy atom. The van der Waals surface area contributed by atoms with E-state index in [9.17, 15) is 9.90 Å². The van der Waals surface area contributed by atoms with Gasteiger partial charge in [0.25, 0.3) is 0 Å². The van der Waals surface area contributed by atoms with E-state index >= 15 is 0 Å². The van der Waals surface area contributed by atoms with Crippen molar-refractivity contribution in [2.24, 2.45) is 5.92 Å². The van der Waals surface area contributed by atoms with Crippen molar-refractivity contribution in [3.63, 3.8) is 0 Å². The topological polar surface area (TPSA) is 61.8 Å². The normalized spacial score (nSPS) is 27.2. The molecule has 1 aliphatic heterocycles. The molecule has 5 heteroatoms. The van der Waals surface area contributed by atoms with Gasteiger partial charge in [-0.2, -0.15) is 0 Å². The number of carbonyl (C=O) groups excluding carboxylic acids is 1. The fourth-order valence-electron chi connectivity index (χ4n) is 2.79. The Bertz CT molecular complexity index is 277. The molecule has 1 saturated heterocycles. The molecule has 1 heterocycles. The van der Waals surface area contributed by atoms with Gasteiger partial charge < -0.3 is 10.0 Å². The third-order valence-electron chi connectivity index (χ3n) is 4.04. The first-order chi connectivity index (χ1) is 8.66. The standard InChI is InChI=1S/C13H24N2O3/c1-10(16)11-5-4-8-15(9-11)13(17)14-18-12-6-2-3-7-12/h10-12,16H,2-9H2,1H3,(H,14,17). The summed E-state index contributed by atoms with van der Waals surface area (Å²) in [7, 11) is 0. The summed E-state index contributed by atoms with van der Waals surface area (Å²) in [5, 5.41) is 9.59. The van der Waals surface area contributed by atoms with Crippen LogP contribution in [0.1, 0.15) is 45.4 Å². The molecule has 2 fully saturated rings. The van der Waals surface area contributed by atoms with Crippen LogP contribution in [-0.2, 0) is 4.84 Å². The Morgan fingerprint density at radius 1 is 1.33 bits per heavy atom. The van der Waals surface area contributed by atoms with Gasteiger partial charge in [-0.05, 0) is 32.6 Å². The molecular weight excluding hydrogens is 232 g/mol. The van der Waals surface area contributed by atoms with Gasteiger partial charge >= 0.3 is 6.03 Å². The van der Waals surface area contributed by atoms with Crippen LogP contribution in [0.25, 0.3) is 0 Å². The van der Waals surface area contributed by atoms with E-state index in [-0.39, 0.29) is 24.2 Å². The lowest BCUT2D eigenvalue weighted by molar-refractivity contribution is -0.0136. The molecule has 0 aromatic heterocycles. The van der Waals surface area contributed by atoms with Gasteiger partial charge in [0.1, 0.15) is 0 Å². The van der Waals surface area contributed by atoms with Crippen LogP contribution in [0, 0.1) is 5.92 Å². The average Bonchev–Trinajstić information content (AvgIpc) is 2.89. The SMILES string of the molecule is CC(O)C1CCCN(C(=O)NOC2CCCC2)C1. The zero-order chi connectivity index (χ0) is 13.0. The van der Waals surface area contributed by atoms with E-state index in [1.54, 1.807) is 11.8 Å². The van der Waals surface area contributed by atoms with Gasteiger partial charge in [-0.15, -0.1) is 0 Å². The molecule has 0 bridgehead atoms. The number of likely N-dealkylation sites (tertiary alicyclic amines) is 1. The van der Waals surface area contributed by atoms with Crippen molar-refractivity contribution < 1.29 is 14.7 Å². The Balaban J connectivity index is 1.73. The zero-order valence-electron chi connectivity index (χ0n) is 11.1. The van der Waals surface area contributed by atoms with E-state index in [0.29, 0.717) is 6.54 Å². The summed E-state index contributed by atoms with van der Waals surface area (Å²) in [6, 6.07) is -0.160. The number of hydroxylamine groups is 1. The fraction of sp³-hybridized carbons (Fsp3) is 0.923. The molecule has 1 saturated carbocycles. The van der Waals surface area contributed by atoms with Crippen molar-refractivity contribution in [2.75, 3.05) is 13.1 Å². The number of amides is 2. The van der Waals surface area contributed by atoms with Crippen molar-refractivity contribution >= 4 is 6.03 Å². The molecule has 18 heavy (non-hydrogen) atoms. The maximum absolute atomic E-state index is 11.9. The molecule has 0 aromatic carbocycles. The van der Waals surface area contributed by atoms with Crippen LogP contribution in [0.3, 0.4) is 0 Å². The Kier molecular flexibility index (Phi) is 4.83. The first-order valence-electron chi connectivity index (χ1n) is 7.05. The highest BCUT2D eigenvalue weighted by molar-refractivity contribution is 5.73. The monoisotopic (exact) mass is 256 g/mol. The number of nitrogens with one attached hydrogen (secondary N) is 1. The molecule has 2 atom stereocenters. The minimum absolute atomic E-state index is 0.160. The van der Waals surface area contributed by atoms with E-state index in [0.717, 1.165) is 32.2 Å². The maximum atomic E-state index is 11.9. The number of aliphatic hydroxyl groups is 1. The van der Waals surface area contributed by atoms with Crippen molar-refractivity contribution in [2.45, 2.75) is 57.7 Å². The van der Waals surface area contributed by atoms with Crippen LogP contribution in [0.2, 0.25) is 0 Å². The van der Waals surface area contributed by atoms with Gasteiger partial charge in [0.15, 0.2) is 0 Å². The molecule has 2 N–H and O–H groups in total. The summed E-state index contributed by atoms with van der Waals surface area (Å²) in [4.78, 5) is 19.1. The summed E-state index contributed by atoms with van der Waals surface area (Å²) in [6.07, 6.45) is 6.23. The molecule has 2 aliphatic rings. The fourth-order valence-corrected chi connectivity index (χ4v) is 2.79. The van der Waals surface area contributed by atoms with Gasteiger partial charge in [-0.25, -0.2) is 10.3 Å². The van der Waals surface area contributed by atoms with Crippen molar-refractivity contribution in [3.8, 4) is 0 Å². The van der Waals surface area contributed by atoms with E-state index in [2.05, 4.69) is 5.48 Å². The second kappa shape index (κ2) is 6.38. The molecule has 2 amide bonds. The molecular formula is C13H24N2O3. The molecule has 0 radical (unpaired) electrons. The third kappa shape index (κ3) is 3.59. The molecule has 0 spiro atoms. The van der Waals surface area contributed by atoms with Crippen LogP contribution in [0.4, 0.5) is 4.79 Å². The van der Waals surface area contributed by atoms with E-state index in [4.69, 9.17) is 4.84 Å². The quantitative estimate of drug-likeness (QED) is 0.755. The molecule has 2 rings (SSSR count). The number of hydrogen-bond donors (Lipinski definition) is 2. The first kappa shape index (κ1) is 13.6. The van der Waals surface area contributed by atoms with Crippen LogP contribution >= 0.6 is 0 Å².